The monoisotopic (exact) mass is 294 g/mol. The number of ether oxygens (including phenoxy) is 4. The van der Waals surface area contributed by atoms with Crippen LogP contribution in [0.2, 0.25) is 0 Å². The van der Waals surface area contributed by atoms with Gasteiger partial charge in [0.1, 0.15) is 18.1 Å². The normalized spacial score (nSPS) is 17.7. The summed E-state index contributed by atoms with van der Waals surface area (Å²) in [7, 11) is 0. The van der Waals surface area contributed by atoms with Gasteiger partial charge in [0, 0.05) is 6.61 Å². The molecule has 0 radical (unpaired) electrons. The van der Waals surface area contributed by atoms with Crippen LogP contribution < -0.4 is 9.47 Å². The molecule has 1 aromatic carbocycles. The Kier molecular flexibility index (Phi) is 6.50. The van der Waals surface area contributed by atoms with Crippen LogP contribution in [0.1, 0.15) is 26.2 Å². The zero-order valence-corrected chi connectivity index (χ0v) is 12.4. The maximum absolute atomic E-state index is 11.6. The van der Waals surface area contributed by atoms with Gasteiger partial charge in [-0.15, -0.1) is 0 Å². The summed E-state index contributed by atoms with van der Waals surface area (Å²) in [5.74, 6) is 0.873. The third-order valence-corrected chi connectivity index (χ3v) is 3.15. The highest BCUT2D eigenvalue weighted by atomic mass is 16.6. The van der Waals surface area contributed by atoms with Crippen LogP contribution in [-0.4, -0.2) is 38.5 Å². The molecule has 0 unspecified atom stereocenters. The van der Waals surface area contributed by atoms with E-state index < -0.39 is 5.97 Å². The van der Waals surface area contributed by atoms with E-state index >= 15 is 0 Å². The Bertz CT molecular complexity index is 423. The Morgan fingerprint density at radius 3 is 2.71 bits per heavy atom. The van der Waals surface area contributed by atoms with Gasteiger partial charge in [0.15, 0.2) is 0 Å². The van der Waals surface area contributed by atoms with E-state index in [0.29, 0.717) is 25.6 Å². The lowest BCUT2D eigenvalue weighted by molar-refractivity contribution is -0.141. The highest BCUT2D eigenvalue weighted by Gasteiger charge is 2.17. The fraction of sp³-hybridized carbons (Fsp3) is 0.562. The van der Waals surface area contributed by atoms with Crippen LogP contribution in [-0.2, 0) is 14.3 Å². The lowest BCUT2D eigenvalue weighted by atomic mass is 10.3. The topological polar surface area (TPSA) is 54.0 Å². The van der Waals surface area contributed by atoms with Crippen molar-refractivity contribution in [2.24, 2.45) is 0 Å². The Labute approximate surface area is 125 Å². The highest BCUT2D eigenvalue weighted by Crippen LogP contribution is 2.18. The van der Waals surface area contributed by atoms with Crippen molar-refractivity contribution < 1.29 is 23.7 Å². The fourth-order valence-corrected chi connectivity index (χ4v) is 1.93. The Morgan fingerprint density at radius 2 is 2.05 bits per heavy atom. The summed E-state index contributed by atoms with van der Waals surface area (Å²) in [6.45, 7) is 4.01. The quantitative estimate of drug-likeness (QED) is 0.419. The molecule has 5 heteroatoms. The highest BCUT2D eigenvalue weighted by molar-refractivity contribution is 5.73. The van der Waals surface area contributed by atoms with Crippen LogP contribution in [0.25, 0.3) is 0 Å². The summed E-state index contributed by atoms with van der Waals surface area (Å²) in [6.07, 6.45) is 2.96. The minimum atomic E-state index is -0.401. The van der Waals surface area contributed by atoms with Crippen molar-refractivity contribution in [3.63, 3.8) is 0 Å². The fourth-order valence-electron chi connectivity index (χ4n) is 1.93. The summed E-state index contributed by atoms with van der Waals surface area (Å²) < 4.78 is 21.3. The number of unbranched alkanes of at least 4 members (excludes halogenated alkanes) is 1. The molecule has 0 aromatic heterocycles. The standard InChI is InChI=1S/C16H22O5/c1-2-3-9-19-13-4-6-14(7-5-13)21-16(17)12-20-15-8-10-18-11-15/h4-7,15H,2-3,8-12H2,1H3/t15-/m0/s1. The second-order valence-electron chi connectivity index (χ2n) is 4.94. The van der Waals surface area contributed by atoms with Gasteiger partial charge in [0.05, 0.1) is 19.3 Å². The van der Waals surface area contributed by atoms with Crippen molar-refractivity contribution in [3.8, 4) is 11.5 Å². The van der Waals surface area contributed by atoms with Gasteiger partial charge < -0.3 is 18.9 Å². The average Bonchev–Trinajstić information content (AvgIpc) is 3.01. The van der Waals surface area contributed by atoms with Gasteiger partial charge in [-0.05, 0) is 37.1 Å². The van der Waals surface area contributed by atoms with Crippen LogP contribution in [0.4, 0.5) is 0 Å². The minimum Gasteiger partial charge on any atom is -0.494 e. The van der Waals surface area contributed by atoms with E-state index in [0.717, 1.165) is 25.0 Å². The number of carbonyl (C=O) groups excluding carboxylic acids is 1. The first kappa shape index (κ1) is 15.8. The molecule has 0 bridgehead atoms. The van der Waals surface area contributed by atoms with Crippen molar-refractivity contribution in [3.05, 3.63) is 24.3 Å². The van der Waals surface area contributed by atoms with Crippen molar-refractivity contribution in [1.29, 1.82) is 0 Å². The van der Waals surface area contributed by atoms with E-state index in [-0.39, 0.29) is 12.7 Å². The van der Waals surface area contributed by atoms with Gasteiger partial charge in [0.25, 0.3) is 0 Å². The summed E-state index contributed by atoms with van der Waals surface area (Å²) in [5.41, 5.74) is 0. The molecule has 21 heavy (non-hydrogen) atoms. The predicted molar refractivity (Wildman–Crippen MR) is 77.7 cm³/mol. The Morgan fingerprint density at radius 1 is 1.29 bits per heavy atom. The average molecular weight is 294 g/mol. The molecule has 0 spiro atoms. The first-order valence-electron chi connectivity index (χ1n) is 7.41. The molecule has 1 fully saturated rings. The van der Waals surface area contributed by atoms with E-state index in [1.54, 1.807) is 24.3 Å². The van der Waals surface area contributed by atoms with Crippen molar-refractivity contribution in [1.82, 2.24) is 0 Å². The number of hydrogen-bond donors (Lipinski definition) is 0. The summed E-state index contributed by atoms with van der Waals surface area (Å²) in [4.78, 5) is 11.6. The van der Waals surface area contributed by atoms with E-state index in [9.17, 15) is 4.79 Å². The molecular formula is C16H22O5. The number of rotatable bonds is 8. The van der Waals surface area contributed by atoms with Gasteiger partial charge >= 0.3 is 5.97 Å². The molecule has 5 nitrogen and oxygen atoms in total. The zero-order valence-electron chi connectivity index (χ0n) is 12.4. The van der Waals surface area contributed by atoms with Crippen LogP contribution in [0.15, 0.2) is 24.3 Å². The Balaban J connectivity index is 1.70. The second-order valence-corrected chi connectivity index (χ2v) is 4.94. The lowest BCUT2D eigenvalue weighted by Gasteiger charge is -2.10. The lowest BCUT2D eigenvalue weighted by Crippen LogP contribution is -2.21. The third-order valence-electron chi connectivity index (χ3n) is 3.15. The van der Waals surface area contributed by atoms with E-state index in [4.69, 9.17) is 18.9 Å². The van der Waals surface area contributed by atoms with Gasteiger partial charge in [-0.2, -0.15) is 0 Å². The molecule has 0 N–H and O–H groups in total. The van der Waals surface area contributed by atoms with Crippen LogP contribution in [0.5, 0.6) is 11.5 Å². The predicted octanol–water partition coefficient (Wildman–Crippen LogP) is 2.58. The largest absolute Gasteiger partial charge is 0.494 e. The minimum absolute atomic E-state index is 0.00638. The smallest absolute Gasteiger partial charge is 0.337 e. The first-order valence-corrected chi connectivity index (χ1v) is 7.41. The Hall–Kier alpha value is -1.59. The molecule has 0 aliphatic carbocycles. The van der Waals surface area contributed by atoms with Crippen LogP contribution in [0.3, 0.4) is 0 Å². The third kappa shape index (κ3) is 5.73. The molecule has 1 atom stereocenters. The number of carbonyl (C=O) groups is 1. The summed E-state index contributed by atoms with van der Waals surface area (Å²) in [6, 6.07) is 7.03. The molecule has 1 heterocycles. The number of hydrogen-bond acceptors (Lipinski definition) is 5. The second kappa shape index (κ2) is 8.64. The molecule has 116 valence electrons. The molecule has 1 saturated heterocycles. The van der Waals surface area contributed by atoms with E-state index in [1.807, 2.05) is 0 Å². The molecular weight excluding hydrogens is 272 g/mol. The zero-order chi connectivity index (χ0) is 14.9. The summed E-state index contributed by atoms with van der Waals surface area (Å²) in [5, 5.41) is 0. The van der Waals surface area contributed by atoms with Gasteiger partial charge in [-0.25, -0.2) is 4.79 Å². The SMILES string of the molecule is CCCCOc1ccc(OC(=O)CO[C@H]2CCOC2)cc1. The van der Waals surface area contributed by atoms with E-state index in [1.165, 1.54) is 0 Å². The summed E-state index contributed by atoms with van der Waals surface area (Å²) >= 11 is 0. The van der Waals surface area contributed by atoms with E-state index in [2.05, 4.69) is 6.92 Å². The van der Waals surface area contributed by atoms with Gasteiger partial charge in [-0.1, -0.05) is 13.3 Å². The first-order chi connectivity index (χ1) is 10.3. The van der Waals surface area contributed by atoms with Crippen molar-refractivity contribution in [2.45, 2.75) is 32.3 Å². The molecule has 0 amide bonds. The maximum Gasteiger partial charge on any atom is 0.337 e. The maximum atomic E-state index is 11.6. The van der Waals surface area contributed by atoms with Gasteiger partial charge in [-0.3, -0.25) is 0 Å². The van der Waals surface area contributed by atoms with Crippen molar-refractivity contribution in [2.75, 3.05) is 26.4 Å². The molecule has 2 rings (SSSR count). The molecule has 1 aliphatic heterocycles. The number of esters is 1. The van der Waals surface area contributed by atoms with Crippen LogP contribution in [0, 0.1) is 0 Å². The number of benzene rings is 1. The molecule has 1 aromatic rings. The van der Waals surface area contributed by atoms with Gasteiger partial charge in [0.2, 0.25) is 0 Å². The molecule has 0 saturated carbocycles. The molecule has 1 aliphatic rings. The van der Waals surface area contributed by atoms with Crippen molar-refractivity contribution >= 4 is 5.97 Å². The van der Waals surface area contributed by atoms with Crippen LogP contribution >= 0.6 is 0 Å².